The van der Waals surface area contributed by atoms with Crippen LogP contribution < -0.4 is 10.1 Å². The summed E-state index contributed by atoms with van der Waals surface area (Å²) in [5.74, 6) is 0.291. The van der Waals surface area contributed by atoms with Gasteiger partial charge in [-0.3, -0.25) is 4.79 Å². The molecular formula is C22H21FN2O2S. The van der Waals surface area contributed by atoms with Gasteiger partial charge in [0.15, 0.2) is 0 Å². The fourth-order valence-electron chi connectivity index (χ4n) is 2.55. The number of carbonyl (C=O) groups is 1. The Morgan fingerprint density at radius 1 is 1.25 bits per heavy atom. The average molecular weight is 396 g/mol. The lowest BCUT2D eigenvalue weighted by molar-refractivity contribution is -0.116. The fraction of sp³-hybridized carbons (Fsp3) is 0.182. The Bertz CT molecular complexity index is 951. The van der Waals surface area contributed by atoms with E-state index in [0.717, 1.165) is 27.6 Å². The molecule has 0 aliphatic carbocycles. The van der Waals surface area contributed by atoms with Crippen LogP contribution in [0.1, 0.15) is 21.8 Å². The lowest BCUT2D eigenvalue weighted by atomic mass is 10.1. The van der Waals surface area contributed by atoms with Crippen molar-refractivity contribution in [3.05, 3.63) is 87.6 Å². The maximum absolute atomic E-state index is 12.9. The van der Waals surface area contributed by atoms with Gasteiger partial charge in [-0.05, 0) is 54.8 Å². The molecule has 28 heavy (non-hydrogen) atoms. The van der Waals surface area contributed by atoms with Gasteiger partial charge in [-0.2, -0.15) is 0 Å². The zero-order valence-electron chi connectivity index (χ0n) is 15.5. The predicted octanol–water partition coefficient (Wildman–Crippen LogP) is 4.54. The van der Waals surface area contributed by atoms with Gasteiger partial charge in [-0.1, -0.05) is 24.3 Å². The number of hydrogen-bond donors (Lipinski definition) is 1. The highest BCUT2D eigenvalue weighted by Crippen LogP contribution is 2.17. The Morgan fingerprint density at radius 3 is 2.82 bits per heavy atom. The number of aromatic nitrogens is 1. The molecule has 0 bridgehead atoms. The highest BCUT2D eigenvalue weighted by Gasteiger charge is 2.01. The second-order valence-corrected chi connectivity index (χ2v) is 7.28. The molecule has 3 rings (SSSR count). The van der Waals surface area contributed by atoms with Gasteiger partial charge < -0.3 is 10.1 Å². The molecule has 4 nitrogen and oxygen atoms in total. The van der Waals surface area contributed by atoms with E-state index in [1.807, 2.05) is 36.6 Å². The SMILES string of the molecule is Cc1nc(COc2cccc(/C=C/C(=O)NCCc3ccc(F)cc3)c2)cs1. The summed E-state index contributed by atoms with van der Waals surface area (Å²) in [4.78, 5) is 16.3. The summed E-state index contributed by atoms with van der Waals surface area (Å²) in [6.07, 6.45) is 3.89. The topological polar surface area (TPSA) is 51.2 Å². The number of nitrogens with one attached hydrogen (secondary N) is 1. The van der Waals surface area contributed by atoms with Crippen LogP contribution in [0.5, 0.6) is 5.75 Å². The first-order chi connectivity index (χ1) is 13.6. The first-order valence-corrected chi connectivity index (χ1v) is 9.81. The quantitative estimate of drug-likeness (QED) is 0.569. The smallest absolute Gasteiger partial charge is 0.244 e. The zero-order chi connectivity index (χ0) is 19.8. The molecule has 0 aliphatic heterocycles. The maximum Gasteiger partial charge on any atom is 0.244 e. The number of rotatable bonds is 8. The third-order valence-electron chi connectivity index (χ3n) is 3.96. The maximum atomic E-state index is 12.9. The molecule has 1 heterocycles. The molecular weight excluding hydrogens is 375 g/mol. The van der Waals surface area contributed by atoms with Crippen LogP contribution in [0.3, 0.4) is 0 Å². The molecule has 1 N–H and O–H groups in total. The van der Waals surface area contributed by atoms with E-state index in [2.05, 4.69) is 10.3 Å². The first-order valence-electron chi connectivity index (χ1n) is 8.93. The van der Waals surface area contributed by atoms with Crippen molar-refractivity contribution in [2.24, 2.45) is 0 Å². The number of hydrogen-bond acceptors (Lipinski definition) is 4. The second kappa shape index (κ2) is 9.80. The summed E-state index contributed by atoms with van der Waals surface area (Å²) in [6.45, 7) is 2.87. The molecule has 0 fully saturated rings. The van der Waals surface area contributed by atoms with Crippen molar-refractivity contribution < 1.29 is 13.9 Å². The van der Waals surface area contributed by atoms with Gasteiger partial charge in [0.25, 0.3) is 0 Å². The molecule has 1 amide bonds. The summed E-state index contributed by atoms with van der Waals surface area (Å²) in [7, 11) is 0. The summed E-state index contributed by atoms with van der Waals surface area (Å²) >= 11 is 1.60. The van der Waals surface area contributed by atoms with E-state index in [4.69, 9.17) is 4.74 Å². The van der Waals surface area contributed by atoms with Gasteiger partial charge in [-0.15, -0.1) is 11.3 Å². The van der Waals surface area contributed by atoms with Crippen LogP contribution in [0.4, 0.5) is 4.39 Å². The summed E-state index contributed by atoms with van der Waals surface area (Å²) in [5.41, 5.74) is 2.76. The van der Waals surface area contributed by atoms with E-state index in [1.165, 1.54) is 18.2 Å². The molecule has 0 aliphatic rings. The van der Waals surface area contributed by atoms with Crippen LogP contribution >= 0.6 is 11.3 Å². The molecule has 2 aromatic carbocycles. The molecule has 0 spiro atoms. The predicted molar refractivity (Wildman–Crippen MR) is 110 cm³/mol. The number of carbonyl (C=O) groups excluding carboxylic acids is 1. The Kier molecular flexibility index (Phi) is 6.92. The minimum Gasteiger partial charge on any atom is -0.487 e. The molecule has 144 valence electrons. The third-order valence-corrected chi connectivity index (χ3v) is 4.79. The third kappa shape index (κ3) is 6.32. The highest BCUT2D eigenvalue weighted by molar-refractivity contribution is 7.09. The minimum atomic E-state index is -0.261. The lowest BCUT2D eigenvalue weighted by Crippen LogP contribution is -2.23. The Balaban J connectivity index is 1.46. The molecule has 0 saturated carbocycles. The van der Waals surface area contributed by atoms with Gasteiger partial charge in [0, 0.05) is 18.0 Å². The van der Waals surface area contributed by atoms with Crippen LogP contribution in [0.25, 0.3) is 6.08 Å². The minimum absolute atomic E-state index is 0.175. The highest BCUT2D eigenvalue weighted by atomic mass is 32.1. The van der Waals surface area contributed by atoms with Crippen LogP contribution in [0.2, 0.25) is 0 Å². The van der Waals surface area contributed by atoms with Crippen LogP contribution in [-0.4, -0.2) is 17.4 Å². The number of amides is 1. The molecule has 3 aromatic rings. The van der Waals surface area contributed by atoms with Gasteiger partial charge in [0.1, 0.15) is 18.2 Å². The van der Waals surface area contributed by atoms with E-state index in [-0.39, 0.29) is 11.7 Å². The van der Waals surface area contributed by atoms with Crippen molar-refractivity contribution in [3.63, 3.8) is 0 Å². The van der Waals surface area contributed by atoms with Crippen molar-refractivity contribution >= 4 is 23.3 Å². The van der Waals surface area contributed by atoms with Gasteiger partial charge in [-0.25, -0.2) is 9.37 Å². The molecule has 0 atom stereocenters. The van der Waals surface area contributed by atoms with E-state index in [0.29, 0.717) is 19.6 Å². The van der Waals surface area contributed by atoms with Crippen LogP contribution in [0, 0.1) is 12.7 Å². The second-order valence-electron chi connectivity index (χ2n) is 6.22. The number of nitrogens with zero attached hydrogens (tertiary/aromatic N) is 1. The first kappa shape index (κ1) is 19.8. The van der Waals surface area contributed by atoms with Crippen molar-refractivity contribution in [1.82, 2.24) is 10.3 Å². The number of benzene rings is 2. The van der Waals surface area contributed by atoms with Gasteiger partial charge in [0.05, 0.1) is 10.7 Å². The Morgan fingerprint density at radius 2 is 2.07 bits per heavy atom. The van der Waals surface area contributed by atoms with Crippen molar-refractivity contribution in [2.75, 3.05) is 6.54 Å². The molecule has 6 heteroatoms. The molecule has 0 unspecified atom stereocenters. The largest absolute Gasteiger partial charge is 0.487 e. The fourth-order valence-corrected chi connectivity index (χ4v) is 3.15. The van der Waals surface area contributed by atoms with Crippen molar-refractivity contribution in [3.8, 4) is 5.75 Å². The van der Waals surface area contributed by atoms with E-state index < -0.39 is 0 Å². The van der Waals surface area contributed by atoms with E-state index in [9.17, 15) is 9.18 Å². The number of thiazole rings is 1. The van der Waals surface area contributed by atoms with Gasteiger partial charge >= 0.3 is 0 Å². The molecule has 1 aromatic heterocycles. The van der Waals surface area contributed by atoms with Crippen molar-refractivity contribution in [2.45, 2.75) is 20.0 Å². The molecule has 0 radical (unpaired) electrons. The zero-order valence-corrected chi connectivity index (χ0v) is 16.3. The average Bonchev–Trinajstić information content (AvgIpc) is 3.12. The van der Waals surface area contributed by atoms with Crippen LogP contribution in [-0.2, 0) is 17.8 Å². The lowest BCUT2D eigenvalue weighted by Gasteiger charge is -2.05. The van der Waals surface area contributed by atoms with E-state index in [1.54, 1.807) is 29.5 Å². The summed E-state index contributed by atoms with van der Waals surface area (Å²) in [5, 5.41) is 5.82. The standard InChI is InChI=1S/C22H21FN2O2S/c1-16-25-20(15-28-16)14-27-21-4-2-3-18(13-21)7-10-22(26)24-12-11-17-5-8-19(23)9-6-17/h2-10,13,15H,11-12,14H2,1H3,(H,24,26)/b10-7+. The van der Waals surface area contributed by atoms with Crippen LogP contribution in [0.15, 0.2) is 60.0 Å². The number of halogens is 1. The van der Waals surface area contributed by atoms with Gasteiger partial charge in [0.2, 0.25) is 5.91 Å². The normalized spacial score (nSPS) is 10.9. The molecule has 0 saturated heterocycles. The Labute approximate surface area is 167 Å². The van der Waals surface area contributed by atoms with Crippen molar-refractivity contribution in [1.29, 1.82) is 0 Å². The Hall–Kier alpha value is -2.99. The van der Waals surface area contributed by atoms with E-state index >= 15 is 0 Å². The summed E-state index contributed by atoms with van der Waals surface area (Å²) < 4.78 is 18.6. The number of ether oxygens (including phenoxy) is 1. The monoisotopic (exact) mass is 396 g/mol. The number of aryl methyl sites for hydroxylation is 1. The summed E-state index contributed by atoms with van der Waals surface area (Å²) in [6, 6.07) is 13.8.